The highest BCUT2D eigenvalue weighted by Gasteiger charge is 2.35. The SMILES string of the molecule is COc1cc(C)nc(NC(=S)NCC2(c3cccc(Cl)c3)CCCC2)n1. The van der Waals surface area contributed by atoms with Crippen LogP contribution in [0.15, 0.2) is 30.3 Å². The maximum absolute atomic E-state index is 6.21. The summed E-state index contributed by atoms with van der Waals surface area (Å²) in [6, 6.07) is 9.93. The molecule has 3 rings (SSSR count). The Morgan fingerprint density at radius 2 is 2.04 bits per heavy atom. The van der Waals surface area contributed by atoms with Crippen molar-refractivity contribution in [2.75, 3.05) is 19.0 Å². The van der Waals surface area contributed by atoms with Crippen LogP contribution < -0.4 is 15.4 Å². The van der Waals surface area contributed by atoms with Crippen LogP contribution in [-0.4, -0.2) is 28.7 Å². The lowest BCUT2D eigenvalue weighted by atomic mass is 9.79. The monoisotopic (exact) mass is 390 g/mol. The third kappa shape index (κ3) is 4.43. The van der Waals surface area contributed by atoms with E-state index in [0.717, 1.165) is 30.1 Å². The molecule has 1 saturated carbocycles. The molecule has 5 nitrogen and oxygen atoms in total. The van der Waals surface area contributed by atoms with Crippen molar-refractivity contribution in [1.82, 2.24) is 15.3 Å². The maximum atomic E-state index is 6.21. The van der Waals surface area contributed by atoms with Gasteiger partial charge in [-0.1, -0.05) is 36.6 Å². The number of rotatable bonds is 5. The van der Waals surface area contributed by atoms with Gasteiger partial charge in [0.25, 0.3) is 0 Å². The zero-order chi connectivity index (χ0) is 18.6. The van der Waals surface area contributed by atoms with Gasteiger partial charge in [0, 0.05) is 28.7 Å². The highest BCUT2D eigenvalue weighted by atomic mass is 35.5. The Hall–Kier alpha value is -1.92. The van der Waals surface area contributed by atoms with Gasteiger partial charge in [-0.15, -0.1) is 0 Å². The maximum Gasteiger partial charge on any atom is 0.232 e. The van der Waals surface area contributed by atoms with Gasteiger partial charge in [-0.2, -0.15) is 4.98 Å². The highest BCUT2D eigenvalue weighted by Crippen LogP contribution is 2.41. The number of benzene rings is 1. The molecule has 0 atom stereocenters. The van der Waals surface area contributed by atoms with Crippen LogP contribution in [0.1, 0.15) is 36.9 Å². The van der Waals surface area contributed by atoms with Crippen molar-refractivity contribution in [3.05, 3.63) is 46.6 Å². The topological polar surface area (TPSA) is 59.1 Å². The molecule has 0 amide bonds. The predicted molar refractivity (Wildman–Crippen MR) is 109 cm³/mol. The summed E-state index contributed by atoms with van der Waals surface area (Å²) in [4.78, 5) is 8.61. The number of thiocarbonyl (C=S) groups is 1. The van der Waals surface area contributed by atoms with Crippen molar-refractivity contribution in [2.45, 2.75) is 38.0 Å². The average molecular weight is 391 g/mol. The molecule has 138 valence electrons. The van der Waals surface area contributed by atoms with E-state index >= 15 is 0 Å². The lowest BCUT2D eigenvalue weighted by Crippen LogP contribution is -2.41. The molecular formula is C19H23ClN4OS. The molecule has 1 heterocycles. The van der Waals surface area contributed by atoms with Crippen molar-refractivity contribution in [1.29, 1.82) is 0 Å². The Bertz CT molecular complexity index is 793. The number of methoxy groups -OCH3 is 1. The van der Waals surface area contributed by atoms with Crippen molar-refractivity contribution in [3.63, 3.8) is 0 Å². The van der Waals surface area contributed by atoms with Gasteiger partial charge in [0.1, 0.15) is 0 Å². The summed E-state index contributed by atoms with van der Waals surface area (Å²) in [5, 5.41) is 7.68. The van der Waals surface area contributed by atoms with E-state index in [4.69, 9.17) is 28.6 Å². The summed E-state index contributed by atoms with van der Waals surface area (Å²) in [7, 11) is 1.58. The first-order valence-electron chi connectivity index (χ1n) is 8.71. The van der Waals surface area contributed by atoms with E-state index in [0.29, 0.717) is 16.9 Å². The zero-order valence-electron chi connectivity index (χ0n) is 15.0. The van der Waals surface area contributed by atoms with E-state index in [1.807, 2.05) is 19.1 Å². The summed E-state index contributed by atoms with van der Waals surface area (Å²) >= 11 is 11.7. The van der Waals surface area contributed by atoms with Gasteiger partial charge in [-0.05, 0) is 49.7 Å². The van der Waals surface area contributed by atoms with Crippen molar-refractivity contribution in [3.8, 4) is 5.88 Å². The minimum Gasteiger partial charge on any atom is -0.481 e. The first-order chi connectivity index (χ1) is 12.5. The Labute approximate surface area is 164 Å². The summed E-state index contributed by atoms with van der Waals surface area (Å²) in [5.74, 6) is 0.941. The average Bonchev–Trinajstić information content (AvgIpc) is 3.10. The van der Waals surface area contributed by atoms with Crippen LogP contribution in [0.4, 0.5) is 5.95 Å². The summed E-state index contributed by atoms with van der Waals surface area (Å²) < 4.78 is 5.18. The summed E-state index contributed by atoms with van der Waals surface area (Å²) in [5.41, 5.74) is 2.14. The molecule has 1 fully saturated rings. The second-order valence-corrected chi connectivity index (χ2v) is 7.53. The molecule has 26 heavy (non-hydrogen) atoms. The molecule has 0 radical (unpaired) electrons. The Balaban J connectivity index is 1.68. The Kier molecular flexibility index (Phi) is 5.94. The molecule has 0 saturated heterocycles. The standard InChI is InChI=1S/C19H23ClN4OS/c1-13-10-16(25-2)23-17(22-13)24-18(26)21-12-19(8-3-4-9-19)14-6-5-7-15(20)11-14/h5-7,10-11H,3-4,8-9,12H2,1-2H3,(H2,21,22,23,24,26). The number of aromatic nitrogens is 2. The Morgan fingerprint density at radius 1 is 1.27 bits per heavy atom. The minimum absolute atomic E-state index is 0.0573. The lowest BCUT2D eigenvalue weighted by molar-refractivity contribution is 0.397. The van der Waals surface area contributed by atoms with Gasteiger partial charge in [0.2, 0.25) is 11.8 Å². The molecule has 2 N–H and O–H groups in total. The smallest absolute Gasteiger partial charge is 0.232 e. The number of nitrogens with one attached hydrogen (secondary N) is 2. The van der Waals surface area contributed by atoms with Crippen LogP contribution >= 0.6 is 23.8 Å². The minimum atomic E-state index is 0.0573. The zero-order valence-corrected chi connectivity index (χ0v) is 16.6. The number of halogens is 1. The highest BCUT2D eigenvalue weighted by molar-refractivity contribution is 7.80. The number of nitrogens with zero attached hydrogens (tertiary/aromatic N) is 2. The van der Waals surface area contributed by atoms with Crippen LogP contribution in [-0.2, 0) is 5.41 Å². The molecule has 1 aliphatic carbocycles. The predicted octanol–water partition coefficient (Wildman–Crippen LogP) is 4.25. The molecule has 2 aromatic rings. The fraction of sp³-hybridized carbons (Fsp3) is 0.421. The molecule has 1 aliphatic rings. The number of ether oxygens (including phenoxy) is 1. The first kappa shape index (κ1) is 18.9. The molecule has 0 spiro atoms. The molecule has 0 aliphatic heterocycles. The number of aryl methyl sites for hydroxylation is 1. The van der Waals surface area contributed by atoms with E-state index < -0.39 is 0 Å². The fourth-order valence-electron chi connectivity index (χ4n) is 3.53. The summed E-state index contributed by atoms with van der Waals surface area (Å²) in [6.07, 6.45) is 4.68. The quantitative estimate of drug-likeness (QED) is 0.744. The summed E-state index contributed by atoms with van der Waals surface area (Å²) in [6.45, 7) is 2.64. The third-order valence-electron chi connectivity index (χ3n) is 4.85. The normalized spacial score (nSPS) is 15.5. The van der Waals surface area contributed by atoms with E-state index in [2.05, 4.69) is 32.7 Å². The number of hydrogen-bond acceptors (Lipinski definition) is 4. The molecular weight excluding hydrogens is 368 g/mol. The van der Waals surface area contributed by atoms with Crippen LogP contribution in [0, 0.1) is 6.92 Å². The molecule has 0 bridgehead atoms. The van der Waals surface area contributed by atoms with Gasteiger partial charge in [-0.3, -0.25) is 0 Å². The number of hydrogen-bond donors (Lipinski definition) is 2. The van der Waals surface area contributed by atoms with Gasteiger partial charge in [-0.25, -0.2) is 4.98 Å². The largest absolute Gasteiger partial charge is 0.481 e. The van der Waals surface area contributed by atoms with Gasteiger partial charge < -0.3 is 15.4 Å². The van der Waals surface area contributed by atoms with Crippen LogP contribution in [0.2, 0.25) is 5.02 Å². The molecule has 1 aromatic carbocycles. The van der Waals surface area contributed by atoms with Crippen LogP contribution in [0.3, 0.4) is 0 Å². The van der Waals surface area contributed by atoms with Crippen LogP contribution in [0.5, 0.6) is 5.88 Å². The van der Waals surface area contributed by atoms with Gasteiger partial charge in [0.05, 0.1) is 7.11 Å². The third-order valence-corrected chi connectivity index (χ3v) is 5.33. The second-order valence-electron chi connectivity index (χ2n) is 6.68. The molecule has 0 unspecified atom stereocenters. The van der Waals surface area contributed by atoms with E-state index in [1.165, 1.54) is 18.4 Å². The van der Waals surface area contributed by atoms with E-state index in [-0.39, 0.29) is 5.41 Å². The van der Waals surface area contributed by atoms with Gasteiger partial charge in [0.15, 0.2) is 5.11 Å². The lowest BCUT2D eigenvalue weighted by Gasteiger charge is -2.30. The van der Waals surface area contributed by atoms with Gasteiger partial charge >= 0.3 is 0 Å². The van der Waals surface area contributed by atoms with Crippen LogP contribution in [0.25, 0.3) is 0 Å². The first-order valence-corrected chi connectivity index (χ1v) is 9.50. The van der Waals surface area contributed by atoms with E-state index in [1.54, 1.807) is 13.2 Å². The van der Waals surface area contributed by atoms with Crippen molar-refractivity contribution < 1.29 is 4.74 Å². The van der Waals surface area contributed by atoms with Crippen molar-refractivity contribution in [2.24, 2.45) is 0 Å². The van der Waals surface area contributed by atoms with E-state index in [9.17, 15) is 0 Å². The fourth-order valence-corrected chi connectivity index (χ4v) is 3.89. The molecule has 1 aromatic heterocycles. The number of anilines is 1. The second kappa shape index (κ2) is 8.18. The van der Waals surface area contributed by atoms with Crippen molar-refractivity contribution >= 4 is 34.9 Å². The Morgan fingerprint density at radius 3 is 2.73 bits per heavy atom. The molecule has 7 heteroatoms.